The minimum Gasteiger partial charge on any atom is -0.267 e. The first-order valence-corrected chi connectivity index (χ1v) is 8.69. The Morgan fingerprint density at radius 1 is 1.00 bits per heavy atom. The first-order valence-electron chi connectivity index (χ1n) is 8.69. The van der Waals surface area contributed by atoms with Gasteiger partial charge in [0.1, 0.15) is 5.82 Å². The van der Waals surface area contributed by atoms with E-state index < -0.39 is 0 Å². The summed E-state index contributed by atoms with van der Waals surface area (Å²) in [6, 6.07) is 16.1. The van der Waals surface area contributed by atoms with Gasteiger partial charge in [-0.05, 0) is 37.1 Å². The van der Waals surface area contributed by atoms with E-state index in [1.807, 2.05) is 43.3 Å². The fraction of sp³-hybridized carbons (Fsp3) is 0.182. The first-order chi connectivity index (χ1) is 12.6. The first kappa shape index (κ1) is 16.3. The second kappa shape index (κ2) is 6.64. The van der Waals surface area contributed by atoms with Gasteiger partial charge in [0.25, 0.3) is 5.91 Å². The summed E-state index contributed by atoms with van der Waals surface area (Å²) in [7, 11) is 0. The molecule has 128 valence electrons. The molecule has 1 aliphatic rings. The molecule has 4 heteroatoms. The summed E-state index contributed by atoms with van der Waals surface area (Å²) < 4.78 is 0. The third-order valence-corrected chi connectivity index (χ3v) is 4.56. The van der Waals surface area contributed by atoms with Gasteiger partial charge in [-0.1, -0.05) is 42.0 Å². The summed E-state index contributed by atoms with van der Waals surface area (Å²) in [5.74, 6) is 0.498. The number of nitrogens with zero attached hydrogens (tertiary/aromatic N) is 3. The number of dihydropyridines is 1. The van der Waals surface area contributed by atoms with Crippen LogP contribution in [0.2, 0.25) is 0 Å². The lowest BCUT2D eigenvalue weighted by Crippen LogP contribution is -2.14. The van der Waals surface area contributed by atoms with E-state index in [9.17, 15) is 4.79 Å². The molecule has 0 spiro atoms. The van der Waals surface area contributed by atoms with E-state index in [0.29, 0.717) is 18.7 Å². The van der Waals surface area contributed by atoms with Gasteiger partial charge in [-0.3, -0.25) is 4.79 Å². The molecule has 0 unspecified atom stereocenters. The number of allylic oxidation sites excluding steroid dienone is 1. The second-order valence-electron chi connectivity index (χ2n) is 6.65. The molecule has 4 nitrogen and oxygen atoms in total. The number of amides is 1. The maximum absolute atomic E-state index is 12.1. The van der Waals surface area contributed by atoms with E-state index in [1.165, 1.54) is 5.56 Å². The van der Waals surface area contributed by atoms with E-state index in [1.54, 1.807) is 6.08 Å². The molecule has 0 fully saturated rings. The highest BCUT2D eigenvalue weighted by Gasteiger charge is 2.17. The van der Waals surface area contributed by atoms with E-state index in [-0.39, 0.29) is 5.91 Å². The van der Waals surface area contributed by atoms with Crippen molar-refractivity contribution in [3.8, 4) is 0 Å². The lowest BCUT2D eigenvalue weighted by atomic mass is 9.96. The molecule has 2 heterocycles. The average Bonchev–Trinajstić information content (AvgIpc) is 2.63. The highest BCUT2D eigenvalue weighted by molar-refractivity contribution is 6.12. The highest BCUT2D eigenvalue weighted by Crippen LogP contribution is 2.24. The van der Waals surface area contributed by atoms with Crippen molar-refractivity contribution < 1.29 is 4.79 Å². The quantitative estimate of drug-likeness (QED) is 0.716. The number of carbonyl (C=O) groups is 1. The van der Waals surface area contributed by atoms with Crippen LogP contribution >= 0.6 is 0 Å². The minimum absolute atomic E-state index is 0.210. The summed E-state index contributed by atoms with van der Waals surface area (Å²) in [5.41, 5.74) is 5.93. The Bertz CT molecular complexity index is 1070. The van der Waals surface area contributed by atoms with Crippen LogP contribution in [0.15, 0.2) is 59.6 Å². The molecule has 1 amide bonds. The van der Waals surface area contributed by atoms with Gasteiger partial charge in [-0.15, -0.1) is 0 Å². The predicted molar refractivity (Wildman–Crippen MR) is 104 cm³/mol. The molecule has 0 aliphatic carbocycles. The number of aliphatic imine (C=N–C) groups is 1. The Labute approximate surface area is 152 Å². The third-order valence-electron chi connectivity index (χ3n) is 4.56. The standard InChI is InChI=1S/C22H19N3O/c1-14-8-9-20-19(10-14)15(2)23-21(25-20)13-18-11-17(12-22(26)24-18)16-6-4-3-5-7-16/h3-10,12H,11,13H2,1-2H3. The van der Waals surface area contributed by atoms with Crippen molar-refractivity contribution in [1.29, 1.82) is 0 Å². The maximum Gasteiger partial charge on any atom is 0.269 e. The monoisotopic (exact) mass is 341 g/mol. The van der Waals surface area contributed by atoms with Crippen LogP contribution in [0, 0.1) is 13.8 Å². The number of hydrogen-bond acceptors (Lipinski definition) is 3. The zero-order chi connectivity index (χ0) is 18.1. The number of benzene rings is 2. The smallest absolute Gasteiger partial charge is 0.267 e. The molecule has 2 aromatic carbocycles. The lowest BCUT2D eigenvalue weighted by molar-refractivity contribution is -0.113. The van der Waals surface area contributed by atoms with Crippen molar-refractivity contribution in [1.82, 2.24) is 9.97 Å². The number of hydrogen-bond donors (Lipinski definition) is 0. The fourth-order valence-corrected chi connectivity index (χ4v) is 3.30. The average molecular weight is 341 g/mol. The van der Waals surface area contributed by atoms with Crippen LogP contribution in [-0.2, 0) is 11.2 Å². The summed E-state index contributed by atoms with van der Waals surface area (Å²) >= 11 is 0. The second-order valence-corrected chi connectivity index (χ2v) is 6.65. The van der Waals surface area contributed by atoms with Gasteiger partial charge in [-0.25, -0.2) is 15.0 Å². The number of fused-ring (bicyclic) bond motifs is 1. The van der Waals surface area contributed by atoms with Crippen LogP contribution in [0.25, 0.3) is 16.5 Å². The molecule has 0 bridgehead atoms. The van der Waals surface area contributed by atoms with E-state index >= 15 is 0 Å². The number of aromatic nitrogens is 2. The molecule has 4 rings (SSSR count). The van der Waals surface area contributed by atoms with Gasteiger partial charge in [0.15, 0.2) is 0 Å². The van der Waals surface area contributed by atoms with Gasteiger partial charge in [0.05, 0.1) is 5.52 Å². The lowest BCUT2D eigenvalue weighted by Gasteiger charge is -2.14. The van der Waals surface area contributed by atoms with Crippen LogP contribution in [0.3, 0.4) is 0 Å². The Balaban J connectivity index is 1.62. The van der Waals surface area contributed by atoms with Gasteiger partial charge < -0.3 is 0 Å². The van der Waals surface area contributed by atoms with Gasteiger partial charge in [0, 0.05) is 35.7 Å². The molecular weight excluding hydrogens is 322 g/mol. The largest absolute Gasteiger partial charge is 0.269 e. The van der Waals surface area contributed by atoms with Crippen molar-refractivity contribution >= 4 is 28.1 Å². The Morgan fingerprint density at radius 3 is 2.62 bits per heavy atom. The summed E-state index contributed by atoms with van der Waals surface area (Å²) in [6.45, 7) is 4.06. The van der Waals surface area contributed by atoms with Crippen LogP contribution < -0.4 is 0 Å². The Kier molecular flexibility index (Phi) is 4.17. The van der Waals surface area contributed by atoms with Crippen molar-refractivity contribution in [2.45, 2.75) is 26.7 Å². The van der Waals surface area contributed by atoms with Crippen LogP contribution in [-0.4, -0.2) is 21.6 Å². The van der Waals surface area contributed by atoms with Crippen molar-refractivity contribution in [2.24, 2.45) is 4.99 Å². The summed E-state index contributed by atoms with van der Waals surface area (Å²) in [6.07, 6.45) is 2.75. The Hall–Kier alpha value is -3.14. The molecule has 0 atom stereocenters. The zero-order valence-electron chi connectivity index (χ0n) is 14.9. The molecule has 0 saturated heterocycles. The van der Waals surface area contributed by atoms with E-state index in [0.717, 1.165) is 33.4 Å². The predicted octanol–water partition coefficient (Wildman–Crippen LogP) is 4.24. The number of rotatable bonds is 3. The van der Waals surface area contributed by atoms with E-state index in [2.05, 4.69) is 34.0 Å². The normalized spacial score (nSPS) is 14.3. The summed E-state index contributed by atoms with van der Waals surface area (Å²) in [5, 5.41) is 1.07. The molecule has 26 heavy (non-hydrogen) atoms. The maximum atomic E-state index is 12.1. The molecule has 3 aromatic rings. The third kappa shape index (κ3) is 3.31. The molecular formula is C22H19N3O. The van der Waals surface area contributed by atoms with Crippen molar-refractivity contribution in [3.05, 3.63) is 77.3 Å². The van der Waals surface area contributed by atoms with Gasteiger partial charge >= 0.3 is 0 Å². The number of carbonyl (C=O) groups excluding carboxylic acids is 1. The van der Waals surface area contributed by atoms with Crippen LogP contribution in [0.5, 0.6) is 0 Å². The SMILES string of the molecule is Cc1ccc2nc(CC3=NC(=O)C=C(c4ccccc4)C3)nc(C)c2c1. The topological polar surface area (TPSA) is 55.2 Å². The van der Waals surface area contributed by atoms with Crippen molar-refractivity contribution in [3.63, 3.8) is 0 Å². The molecule has 0 saturated carbocycles. The van der Waals surface area contributed by atoms with Crippen molar-refractivity contribution in [2.75, 3.05) is 0 Å². The van der Waals surface area contributed by atoms with Gasteiger partial charge in [0.2, 0.25) is 0 Å². The fourth-order valence-electron chi connectivity index (χ4n) is 3.30. The Morgan fingerprint density at radius 2 is 1.81 bits per heavy atom. The highest BCUT2D eigenvalue weighted by atomic mass is 16.1. The minimum atomic E-state index is -0.210. The summed E-state index contributed by atoms with van der Waals surface area (Å²) in [4.78, 5) is 25.6. The zero-order valence-corrected chi connectivity index (χ0v) is 14.9. The molecule has 0 radical (unpaired) electrons. The van der Waals surface area contributed by atoms with Crippen LogP contribution in [0.1, 0.15) is 29.1 Å². The molecule has 0 N–H and O–H groups in total. The van der Waals surface area contributed by atoms with E-state index in [4.69, 9.17) is 0 Å². The van der Waals surface area contributed by atoms with Crippen LogP contribution in [0.4, 0.5) is 0 Å². The van der Waals surface area contributed by atoms with Gasteiger partial charge in [-0.2, -0.15) is 0 Å². The number of aryl methyl sites for hydroxylation is 2. The molecule has 1 aromatic heterocycles. The molecule has 1 aliphatic heterocycles.